The first-order valence-electron chi connectivity index (χ1n) is 4.34. The molecule has 11 heavy (non-hydrogen) atoms. The third kappa shape index (κ3) is 9.89. The molecule has 0 amide bonds. The minimum Gasteiger partial charge on any atom is -0.381 e. The van der Waals surface area contributed by atoms with Crippen LogP contribution < -0.4 is 0 Å². The van der Waals surface area contributed by atoms with Crippen molar-refractivity contribution in [2.45, 2.75) is 32.1 Å². The highest BCUT2D eigenvalue weighted by molar-refractivity contribution is 4.43. The minimum absolute atomic E-state index is 0.265. The van der Waals surface area contributed by atoms with Crippen molar-refractivity contribution < 1.29 is 9.13 Å². The molecule has 0 unspecified atom stereocenters. The fourth-order valence-electron chi connectivity index (χ4n) is 0.816. The molecule has 0 saturated heterocycles. The molecule has 0 spiro atoms. The number of hydrogen-bond donors (Lipinski definition) is 0. The fraction of sp³-hybridized carbons (Fsp3) is 0.889. The van der Waals surface area contributed by atoms with Crippen LogP contribution in [0.15, 0.2) is 0 Å². The van der Waals surface area contributed by atoms with Crippen LogP contribution in [0.3, 0.4) is 0 Å². The third-order valence-electron chi connectivity index (χ3n) is 1.46. The summed E-state index contributed by atoms with van der Waals surface area (Å²) in [5.41, 5.74) is 0. The first-order chi connectivity index (χ1) is 5.41. The Morgan fingerprint density at radius 1 is 1.00 bits per heavy atom. The van der Waals surface area contributed by atoms with E-state index in [0.717, 1.165) is 19.4 Å². The zero-order valence-electron chi connectivity index (χ0n) is 7.15. The standard InChI is InChI=1S/C9H18FO/c1-2-3-4-5-8-11-9-6-7-10/h1-9H2. The Morgan fingerprint density at radius 3 is 2.36 bits per heavy atom. The molecule has 1 nitrogen and oxygen atoms in total. The molecule has 1 radical (unpaired) electrons. The number of halogens is 1. The third-order valence-corrected chi connectivity index (χ3v) is 1.46. The maximum absolute atomic E-state index is 11.5. The van der Waals surface area contributed by atoms with E-state index < -0.39 is 0 Å². The first-order valence-corrected chi connectivity index (χ1v) is 4.34. The Labute approximate surface area is 68.9 Å². The van der Waals surface area contributed by atoms with Gasteiger partial charge in [0.2, 0.25) is 0 Å². The lowest BCUT2D eigenvalue weighted by atomic mass is 10.2. The van der Waals surface area contributed by atoms with Gasteiger partial charge in [0.15, 0.2) is 0 Å². The van der Waals surface area contributed by atoms with Crippen molar-refractivity contribution in [2.24, 2.45) is 0 Å². The van der Waals surface area contributed by atoms with Crippen LogP contribution in [-0.4, -0.2) is 19.9 Å². The zero-order chi connectivity index (χ0) is 8.36. The van der Waals surface area contributed by atoms with Crippen LogP contribution in [0.5, 0.6) is 0 Å². The molecule has 0 fully saturated rings. The van der Waals surface area contributed by atoms with Crippen LogP contribution in [0.25, 0.3) is 0 Å². The Morgan fingerprint density at radius 2 is 1.73 bits per heavy atom. The molecule has 0 aliphatic heterocycles. The van der Waals surface area contributed by atoms with E-state index in [9.17, 15) is 4.39 Å². The van der Waals surface area contributed by atoms with Crippen LogP contribution in [0.2, 0.25) is 0 Å². The Kier molecular flexibility index (Phi) is 9.79. The summed E-state index contributed by atoms with van der Waals surface area (Å²) in [4.78, 5) is 0. The van der Waals surface area contributed by atoms with Gasteiger partial charge in [0.05, 0.1) is 6.67 Å². The lowest BCUT2D eigenvalue weighted by molar-refractivity contribution is 0.122. The van der Waals surface area contributed by atoms with Crippen LogP contribution >= 0.6 is 0 Å². The lowest BCUT2D eigenvalue weighted by Crippen LogP contribution is -1.97. The monoisotopic (exact) mass is 161 g/mol. The van der Waals surface area contributed by atoms with E-state index in [-0.39, 0.29) is 6.67 Å². The molecule has 0 aliphatic carbocycles. The van der Waals surface area contributed by atoms with Crippen molar-refractivity contribution in [3.8, 4) is 0 Å². The number of rotatable bonds is 8. The SMILES string of the molecule is [CH2]CCCCCOCCCF. The molecule has 0 aliphatic rings. The second kappa shape index (κ2) is 9.89. The van der Waals surface area contributed by atoms with Crippen molar-refractivity contribution >= 4 is 0 Å². The highest BCUT2D eigenvalue weighted by Gasteiger charge is 1.88. The van der Waals surface area contributed by atoms with E-state index in [1.54, 1.807) is 0 Å². The molecule has 0 aromatic rings. The average molecular weight is 161 g/mol. The first kappa shape index (κ1) is 10.9. The largest absolute Gasteiger partial charge is 0.381 e. The summed E-state index contributed by atoms with van der Waals surface area (Å²) >= 11 is 0. The molecule has 0 aromatic heterocycles. The van der Waals surface area contributed by atoms with Gasteiger partial charge in [-0.2, -0.15) is 0 Å². The summed E-state index contributed by atoms with van der Waals surface area (Å²) in [6, 6.07) is 0. The topological polar surface area (TPSA) is 9.23 Å². The van der Waals surface area contributed by atoms with Gasteiger partial charge in [-0.1, -0.05) is 26.2 Å². The van der Waals surface area contributed by atoms with E-state index >= 15 is 0 Å². The Hall–Kier alpha value is -0.110. The maximum Gasteiger partial charge on any atom is 0.0916 e. The van der Waals surface area contributed by atoms with E-state index in [1.807, 2.05) is 0 Å². The molecular weight excluding hydrogens is 143 g/mol. The highest BCUT2D eigenvalue weighted by Crippen LogP contribution is 1.98. The van der Waals surface area contributed by atoms with Crippen molar-refractivity contribution in [3.63, 3.8) is 0 Å². The van der Waals surface area contributed by atoms with Crippen molar-refractivity contribution in [1.82, 2.24) is 0 Å². The number of ether oxygens (including phenoxy) is 1. The predicted molar refractivity (Wildman–Crippen MR) is 45.2 cm³/mol. The summed E-state index contributed by atoms with van der Waals surface area (Å²) in [6.45, 7) is 4.83. The fourth-order valence-corrected chi connectivity index (χ4v) is 0.816. The van der Waals surface area contributed by atoms with Gasteiger partial charge in [-0.3, -0.25) is 4.39 Å². The highest BCUT2D eigenvalue weighted by atomic mass is 19.1. The molecular formula is C9H18FO. The predicted octanol–water partition coefficient (Wildman–Crippen LogP) is 2.76. The van der Waals surface area contributed by atoms with Crippen LogP contribution in [0.1, 0.15) is 32.1 Å². The second-order valence-corrected chi connectivity index (χ2v) is 2.57. The van der Waals surface area contributed by atoms with E-state index in [1.165, 1.54) is 12.8 Å². The Bertz CT molecular complexity index is 58.6. The maximum atomic E-state index is 11.5. The van der Waals surface area contributed by atoms with Crippen LogP contribution in [0.4, 0.5) is 4.39 Å². The summed E-state index contributed by atoms with van der Waals surface area (Å²) in [6.07, 6.45) is 4.98. The molecule has 0 bridgehead atoms. The molecule has 0 heterocycles. The van der Waals surface area contributed by atoms with Gasteiger partial charge in [-0.05, 0) is 12.8 Å². The second-order valence-electron chi connectivity index (χ2n) is 2.57. The molecule has 0 N–H and O–H groups in total. The smallest absolute Gasteiger partial charge is 0.0916 e. The van der Waals surface area contributed by atoms with Gasteiger partial charge < -0.3 is 4.74 Å². The molecule has 0 rings (SSSR count). The van der Waals surface area contributed by atoms with Gasteiger partial charge in [-0.25, -0.2) is 0 Å². The molecule has 0 atom stereocenters. The number of unbranched alkanes of at least 4 members (excludes halogenated alkanes) is 3. The molecule has 67 valence electrons. The molecule has 0 saturated carbocycles. The molecule has 0 aromatic carbocycles. The van der Waals surface area contributed by atoms with Crippen molar-refractivity contribution in [1.29, 1.82) is 0 Å². The lowest BCUT2D eigenvalue weighted by Gasteiger charge is -2.01. The summed E-state index contributed by atoms with van der Waals surface area (Å²) in [7, 11) is 0. The average Bonchev–Trinajstić information content (AvgIpc) is 2.03. The van der Waals surface area contributed by atoms with Crippen molar-refractivity contribution in [2.75, 3.05) is 19.9 Å². The number of alkyl halides is 1. The normalized spacial score (nSPS) is 10.4. The van der Waals surface area contributed by atoms with E-state index in [2.05, 4.69) is 6.92 Å². The van der Waals surface area contributed by atoms with Gasteiger partial charge in [0.1, 0.15) is 0 Å². The summed E-state index contributed by atoms with van der Waals surface area (Å²) in [5, 5.41) is 0. The quantitative estimate of drug-likeness (QED) is 0.497. The van der Waals surface area contributed by atoms with Gasteiger partial charge >= 0.3 is 0 Å². The van der Waals surface area contributed by atoms with Gasteiger partial charge in [-0.15, -0.1) is 0 Å². The minimum atomic E-state index is -0.265. The van der Waals surface area contributed by atoms with E-state index in [4.69, 9.17) is 4.74 Å². The van der Waals surface area contributed by atoms with Gasteiger partial charge in [0.25, 0.3) is 0 Å². The Balaban J connectivity index is 2.69. The molecule has 2 heteroatoms. The van der Waals surface area contributed by atoms with Crippen LogP contribution in [0, 0.1) is 6.92 Å². The number of hydrogen-bond acceptors (Lipinski definition) is 1. The summed E-state index contributed by atoms with van der Waals surface area (Å²) < 4.78 is 16.7. The van der Waals surface area contributed by atoms with Crippen molar-refractivity contribution in [3.05, 3.63) is 6.92 Å². The van der Waals surface area contributed by atoms with E-state index in [0.29, 0.717) is 13.0 Å². The van der Waals surface area contributed by atoms with Gasteiger partial charge in [0, 0.05) is 13.2 Å². The van der Waals surface area contributed by atoms with Crippen LogP contribution in [-0.2, 0) is 4.74 Å². The zero-order valence-corrected chi connectivity index (χ0v) is 7.15. The summed E-state index contributed by atoms with van der Waals surface area (Å²) in [5.74, 6) is 0.